The SMILES string of the molecule is CCCCCCCCCCCCCCCCCCSc1c(OC)cccc1C(=O)OCC. The normalized spacial score (nSPS) is 11.0. The minimum atomic E-state index is -0.263. The molecule has 0 fully saturated rings. The molecule has 0 saturated heterocycles. The number of thioether (sulfide) groups is 1. The number of rotatable bonds is 21. The zero-order valence-electron chi connectivity index (χ0n) is 21.1. The minimum Gasteiger partial charge on any atom is -0.496 e. The molecule has 0 aliphatic rings. The number of carbonyl (C=O) groups excluding carboxylic acids is 1. The average molecular weight is 465 g/mol. The summed E-state index contributed by atoms with van der Waals surface area (Å²) in [7, 11) is 1.66. The number of ether oxygens (including phenoxy) is 2. The summed E-state index contributed by atoms with van der Waals surface area (Å²) in [6, 6.07) is 5.60. The summed E-state index contributed by atoms with van der Waals surface area (Å²) in [4.78, 5) is 13.1. The predicted molar refractivity (Wildman–Crippen MR) is 139 cm³/mol. The molecule has 0 aliphatic heterocycles. The number of methoxy groups -OCH3 is 1. The van der Waals surface area contributed by atoms with E-state index in [1.165, 1.54) is 103 Å². The Labute approximate surface area is 202 Å². The second-order valence-corrected chi connectivity index (χ2v) is 9.81. The standard InChI is InChI=1S/C28H48O3S/c1-4-6-7-8-9-10-11-12-13-14-15-16-17-18-19-20-24-32-27-25(28(29)31-5-2)22-21-23-26(27)30-3/h21-23H,4-20,24H2,1-3H3. The van der Waals surface area contributed by atoms with Gasteiger partial charge in [-0.2, -0.15) is 0 Å². The zero-order chi connectivity index (χ0) is 23.3. The van der Waals surface area contributed by atoms with Gasteiger partial charge in [-0.3, -0.25) is 0 Å². The van der Waals surface area contributed by atoms with Crippen LogP contribution in [-0.4, -0.2) is 25.4 Å². The van der Waals surface area contributed by atoms with Crippen LogP contribution in [-0.2, 0) is 4.74 Å². The highest BCUT2D eigenvalue weighted by Gasteiger charge is 2.16. The highest BCUT2D eigenvalue weighted by atomic mass is 32.2. The van der Waals surface area contributed by atoms with Gasteiger partial charge in [0.05, 0.1) is 24.2 Å². The van der Waals surface area contributed by atoms with E-state index >= 15 is 0 Å². The Kier molecular flexibility index (Phi) is 18.4. The van der Waals surface area contributed by atoms with Gasteiger partial charge in [0.25, 0.3) is 0 Å². The molecule has 0 radical (unpaired) electrons. The second kappa shape index (κ2) is 20.4. The maximum Gasteiger partial charge on any atom is 0.339 e. The van der Waals surface area contributed by atoms with Crippen LogP contribution in [0.5, 0.6) is 5.75 Å². The fraction of sp³-hybridized carbons (Fsp3) is 0.750. The molecule has 184 valence electrons. The lowest BCUT2D eigenvalue weighted by Crippen LogP contribution is -2.07. The number of benzene rings is 1. The molecule has 1 aromatic rings. The van der Waals surface area contributed by atoms with Crippen molar-refractivity contribution < 1.29 is 14.3 Å². The predicted octanol–water partition coefficient (Wildman–Crippen LogP) is 9.23. The molecule has 4 heteroatoms. The molecule has 0 N–H and O–H groups in total. The third kappa shape index (κ3) is 13.4. The first kappa shape index (κ1) is 28.9. The molecule has 3 nitrogen and oxygen atoms in total. The van der Waals surface area contributed by atoms with Gasteiger partial charge in [-0.25, -0.2) is 4.79 Å². The molecule has 0 bridgehead atoms. The summed E-state index contributed by atoms with van der Waals surface area (Å²) < 4.78 is 10.7. The lowest BCUT2D eigenvalue weighted by Gasteiger charge is -2.12. The van der Waals surface area contributed by atoms with Gasteiger partial charge >= 0.3 is 5.97 Å². The first-order valence-electron chi connectivity index (χ1n) is 13.2. The van der Waals surface area contributed by atoms with Gasteiger partial charge in [-0.1, -0.05) is 109 Å². The van der Waals surface area contributed by atoms with Gasteiger partial charge in [0, 0.05) is 0 Å². The highest BCUT2D eigenvalue weighted by molar-refractivity contribution is 7.99. The molecule has 0 aromatic heterocycles. The third-order valence-corrected chi connectivity index (χ3v) is 7.14. The average Bonchev–Trinajstić information content (AvgIpc) is 2.81. The maximum atomic E-state index is 12.2. The van der Waals surface area contributed by atoms with Crippen LogP contribution in [0.15, 0.2) is 23.1 Å². The number of hydrogen-bond acceptors (Lipinski definition) is 4. The van der Waals surface area contributed by atoms with E-state index in [1.54, 1.807) is 18.9 Å². The van der Waals surface area contributed by atoms with Crippen LogP contribution in [0, 0.1) is 0 Å². The molecular formula is C28H48O3S. The molecule has 0 atom stereocenters. The quantitative estimate of drug-likeness (QED) is 0.103. The molecule has 32 heavy (non-hydrogen) atoms. The first-order chi connectivity index (χ1) is 15.7. The summed E-state index contributed by atoms with van der Waals surface area (Å²) >= 11 is 1.71. The molecule has 0 unspecified atom stereocenters. The molecule has 1 aromatic carbocycles. The van der Waals surface area contributed by atoms with Crippen molar-refractivity contribution in [2.45, 2.75) is 121 Å². The molecule has 1 rings (SSSR count). The van der Waals surface area contributed by atoms with Crippen molar-refractivity contribution in [3.8, 4) is 5.75 Å². The van der Waals surface area contributed by atoms with Crippen LogP contribution < -0.4 is 4.74 Å². The van der Waals surface area contributed by atoms with Crippen molar-refractivity contribution in [1.29, 1.82) is 0 Å². The summed E-state index contributed by atoms with van der Waals surface area (Å²) in [5.41, 5.74) is 0.618. The van der Waals surface area contributed by atoms with Gasteiger partial charge in [0.2, 0.25) is 0 Å². The van der Waals surface area contributed by atoms with Gasteiger partial charge in [-0.05, 0) is 31.2 Å². The van der Waals surface area contributed by atoms with Crippen molar-refractivity contribution in [1.82, 2.24) is 0 Å². The van der Waals surface area contributed by atoms with Crippen molar-refractivity contribution in [3.63, 3.8) is 0 Å². The van der Waals surface area contributed by atoms with E-state index in [2.05, 4.69) is 6.92 Å². The zero-order valence-corrected chi connectivity index (χ0v) is 21.9. The van der Waals surface area contributed by atoms with Crippen LogP contribution in [0.25, 0.3) is 0 Å². The highest BCUT2D eigenvalue weighted by Crippen LogP contribution is 2.34. The summed E-state index contributed by atoms with van der Waals surface area (Å²) in [5.74, 6) is 1.50. The Morgan fingerprint density at radius 2 is 1.25 bits per heavy atom. The van der Waals surface area contributed by atoms with Gasteiger partial charge in [-0.15, -0.1) is 11.8 Å². The molecule has 0 aliphatic carbocycles. The smallest absolute Gasteiger partial charge is 0.339 e. The first-order valence-corrected chi connectivity index (χ1v) is 14.2. The van der Waals surface area contributed by atoms with Crippen LogP contribution in [0.4, 0.5) is 0 Å². The minimum absolute atomic E-state index is 0.263. The Balaban J connectivity index is 2.03. The van der Waals surface area contributed by atoms with E-state index < -0.39 is 0 Å². The number of carbonyl (C=O) groups is 1. The van der Waals surface area contributed by atoms with Crippen LogP contribution in [0.2, 0.25) is 0 Å². The van der Waals surface area contributed by atoms with Crippen LogP contribution >= 0.6 is 11.8 Å². The second-order valence-electron chi connectivity index (χ2n) is 8.71. The molecule has 0 amide bonds. The monoisotopic (exact) mass is 464 g/mol. The van der Waals surface area contributed by atoms with Gasteiger partial charge < -0.3 is 9.47 Å². The molecule has 0 saturated carbocycles. The van der Waals surface area contributed by atoms with Crippen molar-refractivity contribution in [2.24, 2.45) is 0 Å². The Morgan fingerprint density at radius 3 is 1.72 bits per heavy atom. The molecule has 0 heterocycles. The summed E-state index contributed by atoms with van der Waals surface area (Å²) in [6.45, 7) is 4.51. The van der Waals surface area contributed by atoms with E-state index in [4.69, 9.17) is 9.47 Å². The number of unbranched alkanes of at least 4 members (excludes halogenated alkanes) is 15. The fourth-order valence-electron chi connectivity index (χ4n) is 4.02. The Bertz CT molecular complexity index is 588. The van der Waals surface area contributed by atoms with Gasteiger partial charge in [0.1, 0.15) is 5.75 Å². The van der Waals surface area contributed by atoms with Crippen LogP contribution in [0.1, 0.15) is 127 Å². The van der Waals surface area contributed by atoms with E-state index in [0.717, 1.165) is 16.4 Å². The molecule has 0 spiro atoms. The number of esters is 1. The lowest BCUT2D eigenvalue weighted by atomic mass is 10.0. The van der Waals surface area contributed by atoms with Crippen LogP contribution in [0.3, 0.4) is 0 Å². The van der Waals surface area contributed by atoms with Gasteiger partial charge in [0.15, 0.2) is 0 Å². The van der Waals surface area contributed by atoms with Crippen molar-refractivity contribution in [2.75, 3.05) is 19.5 Å². The van der Waals surface area contributed by atoms with E-state index in [1.807, 2.05) is 25.1 Å². The number of hydrogen-bond donors (Lipinski definition) is 0. The van der Waals surface area contributed by atoms with Crippen molar-refractivity contribution in [3.05, 3.63) is 23.8 Å². The maximum absolute atomic E-state index is 12.2. The topological polar surface area (TPSA) is 35.5 Å². The Hall–Kier alpha value is -1.16. The van der Waals surface area contributed by atoms with Crippen molar-refractivity contribution >= 4 is 17.7 Å². The van der Waals surface area contributed by atoms with E-state index in [0.29, 0.717) is 12.2 Å². The van der Waals surface area contributed by atoms with E-state index in [9.17, 15) is 4.79 Å². The fourth-order valence-corrected chi connectivity index (χ4v) is 5.17. The Morgan fingerprint density at radius 1 is 0.750 bits per heavy atom. The summed E-state index contributed by atoms with van der Waals surface area (Å²) in [5, 5.41) is 0. The lowest BCUT2D eigenvalue weighted by molar-refractivity contribution is 0.0521. The largest absolute Gasteiger partial charge is 0.496 e. The third-order valence-electron chi connectivity index (χ3n) is 5.94. The molecular weight excluding hydrogens is 416 g/mol. The summed E-state index contributed by atoms with van der Waals surface area (Å²) in [6.07, 6.45) is 22.1. The van der Waals surface area contributed by atoms with E-state index in [-0.39, 0.29) is 5.97 Å².